The number of aromatic nitrogens is 2. The van der Waals surface area contributed by atoms with Gasteiger partial charge in [0.2, 0.25) is 0 Å². The minimum absolute atomic E-state index is 0.263. The molecule has 2 saturated carbocycles. The third-order valence-electron chi connectivity index (χ3n) is 5.66. The van der Waals surface area contributed by atoms with E-state index in [-0.39, 0.29) is 6.04 Å². The molecule has 0 amide bonds. The largest absolute Gasteiger partial charge is 0.327 e. The fraction of sp³-hybridized carbons (Fsp3) is 0.824. The van der Waals surface area contributed by atoms with Crippen molar-refractivity contribution in [1.82, 2.24) is 9.78 Å². The lowest BCUT2D eigenvalue weighted by Crippen LogP contribution is -2.38. The quantitative estimate of drug-likeness (QED) is 0.910. The predicted molar refractivity (Wildman–Crippen MR) is 82.5 cm³/mol. The molecule has 0 aliphatic heterocycles. The minimum atomic E-state index is 0.263. The molecule has 2 fully saturated rings. The molecule has 2 unspecified atom stereocenters. The molecule has 20 heavy (non-hydrogen) atoms. The monoisotopic (exact) mass is 275 g/mol. The predicted octanol–water partition coefficient (Wildman–Crippen LogP) is 3.69. The topological polar surface area (TPSA) is 43.8 Å². The van der Waals surface area contributed by atoms with Gasteiger partial charge in [-0.1, -0.05) is 33.1 Å². The molecule has 0 radical (unpaired) electrons. The fourth-order valence-electron chi connectivity index (χ4n) is 4.39. The van der Waals surface area contributed by atoms with Crippen LogP contribution in [0.2, 0.25) is 0 Å². The highest BCUT2D eigenvalue weighted by molar-refractivity contribution is 5.05. The maximum atomic E-state index is 6.50. The number of hydrogen-bond acceptors (Lipinski definition) is 2. The number of hydrogen-bond donors (Lipinski definition) is 1. The summed E-state index contributed by atoms with van der Waals surface area (Å²) < 4.78 is 2.19. The molecular weight excluding hydrogens is 246 g/mol. The van der Waals surface area contributed by atoms with Gasteiger partial charge in [0.15, 0.2) is 0 Å². The maximum Gasteiger partial charge on any atom is 0.0640 e. The van der Waals surface area contributed by atoms with Crippen LogP contribution in [0.3, 0.4) is 0 Å². The van der Waals surface area contributed by atoms with Gasteiger partial charge >= 0.3 is 0 Å². The van der Waals surface area contributed by atoms with Crippen LogP contribution in [0.15, 0.2) is 12.3 Å². The van der Waals surface area contributed by atoms with Crippen molar-refractivity contribution in [1.29, 1.82) is 0 Å². The van der Waals surface area contributed by atoms with Crippen molar-refractivity contribution in [2.75, 3.05) is 0 Å². The average Bonchev–Trinajstić information content (AvgIpc) is 3.07. The van der Waals surface area contributed by atoms with Crippen LogP contribution in [0.5, 0.6) is 0 Å². The second-order valence-electron chi connectivity index (χ2n) is 7.58. The molecule has 0 aromatic carbocycles. The van der Waals surface area contributed by atoms with Gasteiger partial charge in [0.05, 0.1) is 11.7 Å². The van der Waals surface area contributed by atoms with Gasteiger partial charge in [0.25, 0.3) is 0 Å². The van der Waals surface area contributed by atoms with E-state index in [0.29, 0.717) is 17.4 Å². The molecule has 1 aromatic heterocycles. The van der Waals surface area contributed by atoms with Gasteiger partial charge in [-0.3, -0.25) is 4.68 Å². The highest BCUT2D eigenvalue weighted by Crippen LogP contribution is 2.44. The summed E-state index contributed by atoms with van der Waals surface area (Å²) in [5.41, 5.74) is 8.10. The van der Waals surface area contributed by atoms with E-state index in [0.717, 1.165) is 6.42 Å². The van der Waals surface area contributed by atoms with Crippen molar-refractivity contribution in [3.63, 3.8) is 0 Å². The van der Waals surface area contributed by atoms with Crippen molar-refractivity contribution < 1.29 is 0 Å². The first-order chi connectivity index (χ1) is 9.56. The molecule has 3 rings (SSSR count). The third-order valence-corrected chi connectivity index (χ3v) is 5.66. The smallest absolute Gasteiger partial charge is 0.0640 e. The van der Waals surface area contributed by atoms with Crippen LogP contribution < -0.4 is 5.73 Å². The molecule has 3 nitrogen and oxygen atoms in total. The van der Waals surface area contributed by atoms with Crippen LogP contribution in [0.1, 0.15) is 70.5 Å². The zero-order valence-electron chi connectivity index (χ0n) is 13.0. The molecule has 2 N–H and O–H groups in total. The molecule has 0 saturated heterocycles. The summed E-state index contributed by atoms with van der Waals surface area (Å²) in [5.74, 6) is 0.652. The first-order valence-electron chi connectivity index (χ1n) is 8.36. The lowest BCUT2D eigenvalue weighted by atomic mass is 9.76. The van der Waals surface area contributed by atoms with Gasteiger partial charge in [-0.25, -0.2) is 0 Å². The van der Waals surface area contributed by atoms with Gasteiger partial charge in [-0.2, -0.15) is 5.10 Å². The Hall–Kier alpha value is -0.830. The summed E-state index contributed by atoms with van der Waals surface area (Å²) in [7, 11) is 0. The number of nitrogens with two attached hydrogens (primary N) is 1. The summed E-state index contributed by atoms with van der Waals surface area (Å²) in [4.78, 5) is 0. The Bertz CT molecular complexity index is 443. The lowest BCUT2D eigenvalue weighted by Gasteiger charge is -2.31. The van der Waals surface area contributed by atoms with Gasteiger partial charge in [0.1, 0.15) is 0 Å². The van der Waals surface area contributed by atoms with Crippen LogP contribution in [0.25, 0.3) is 0 Å². The Labute approximate surface area is 122 Å². The summed E-state index contributed by atoms with van der Waals surface area (Å²) in [6.45, 7) is 4.75. The van der Waals surface area contributed by atoms with Crippen LogP contribution in [0.4, 0.5) is 0 Å². The normalized spacial score (nSPS) is 28.1. The maximum absolute atomic E-state index is 6.50. The molecular formula is C17H29N3. The van der Waals surface area contributed by atoms with Crippen LogP contribution in [-0.2, 0) is 6.42 Å². The zero-order valence-corrected chi connectivity index (χ0v) is 13.0. The van der Waals surface area contributed by atoms with E-state index < -0.39 is 0 Å². The summed E-state index contributed by atoms with van der Waals surface area (Å²) in [5, 5.41) is 4.79. The van der Waals surface area contributed by atoms with Gasteiger partial charge in [-0.05, 0) is 43.1 Å². The van der Waals surface area contributed by atoms with Crippen molar-refractivity contribution in [2.24, 2.45) is 17.1 Å². The van der Waals surface area contributed by atoms with E-state index in [1.165, 1.54) is 50.6 Å². The molecule has 1 heterocycles. The fourth-order valence-corrected chi connectivity index (χ4v) is 4.39. The van der Waals surface area contributed by atoms with E-state index in [1.54, 1.807) is 0 Å². The first kappa shape index (κ1) is 14.1. The molecule has 0 bridgehead atoms. The molecule has 2 atom stereocenters. The van der Waals surface area contributed by atoms with Gasteiger partial charge in [0, 0.05) is 18.7 Å². The van der Waals surface area contributed by atoms with Crippen molar-refractivity contribution >= 4 is 0 Å². The molecule has 0 spiro atoms. The highest BCUT2D eigenvalue weighted by atomic mass is 15.3. The third kappa shape index (κ3) is 2.78. The van der Waals surface area contributed by atoms with Crippen molar-refractivity contribution in [3.8, 4) is 0 Å². The molecule has 112 valence electrons. The van der Waals surface area contributed by atoms with E-state index in [9.17, 15) is 0 Å². The van der Waals surface area contributed by atoms with E-state index in [4.69, 9.17) is 10.8 Å². The Kier molecular flexibility index (Phi) is 3.89. The second kappa shape index (κ2) is 5.51. The summed E-state index contributed by atoms with van der Waals surface area (Å²) in [6.07, 6.45) is 12.4. The van der Waals surface area contributed by atoms with Crippen LogP contribution in [-0.4, -0.2) is 15.8 Å². The van der Waals surface area contributed by atoms with Gasteiger partial charge < -0.3 is 5.73 Å². The first-order valence-corrected chi connectivity index (χ1v) is 8.36. The summed E-state index contributed by atoms with van der Waals surface area (Å²) >= 11 is 0. The number of nitrogens with zero attached hydrogens (tertiary/aromatic N) is 2. The standard InChI is InChI=1S/C17H29N3/c1-17(2)10-5-8-15(17)16(18)12-13-9-11-20(19-13)14-6-3-4-7-14/h9,11,14-16H,3-8,10,12,18H2,1-2H3. The van der Waals surface area contributed by atoms with Crippen molar-refractivity contribution in [3.05, 3.63) is 18.0 Å². The lowest BCUT2D eigenvalue weighted by molar-refractivity contribution is 0.219. The van der Waals surface area contributed by atoms with E-state index >= 15 is 0 Å². The average molecular weight is 275 g/mol. The summed E-state index contributed by atoms with van der Waals surface area (Å²) in [6, 6.07) is 3.09. The molecule has 1 aromatic rings. The Morgan fingerprint density at radius 3 is 2.70 bits per heavy atom. The minimum Gasteiger partial charge on any atom is -0.327 e. The molecule has 2 aliphatic rings. The Morgan fingerprint density at radius 1 is 1.30 bits per heavy atom. The Morgan fingerprint density at radius 2 is 2.05 bits per heavy atom. The van der Waals surface area contributed by atoms with Crippen LogP contribution >= 0.6 is 0 Å². The van der Waals surface area contributed by atoms with Gasteiger partial charge in [-0.15, -0.1) is 0 Å². The number of rotatable bonds is 4. The SMILES string of the molecule is CC1(C)CCCC1C(N)Cc1ccn(C2CCCC2)n1. The van der Waals surface area contributed by atoms with E-state index in [2.05, 4.69) is 30.8 Å². The van der Waals surface area contributed by atoms with Crippen molar-refractivity contribution in [2.45, 2.75) is 77.3 Å². The Balaban J connectivity index is 1.62. The molecule has 3 heteroatoms. The second-order valence-corrected chi connectivity index (χ2v) is 7.58. The van der Waals surface area contributed by atoms with Crippen LogP contribution in [0, 0.1) is 11.3 Å². The zero-order chi connectivity index (χ0) is 14.2. The highest BCUT2D eigenvalue weighted by Gasteiger charge is 2.38. The van der Waals surface area contributed by atoms with E-state index in [1.807, 2.05) is 0 Å². The molecule has 2 aliphatic carbocycles.